The number of hydrogen-bond donors (Lipinski definition) is 2. The standard InChI is InChI=1S/C17H23N3O2/c1-3-20-11-12(13-6-4-5-7-15(13)20)8-17(21)19-14-9-18-10-16(14)22-2/h4-7,11,14,16,18H,3,8-10H2,1-2H3,(H,19,21)/t14-,16-/m1/s1. The first-order chi connectivity index (χ1) is 10.7. The molecule has 1 saturated heterocycles. The molecule has 1 amide bonds. The largest absolute Gasteiger partial charge is 0.378 e. The third kappa shape index (κ3) is 2.87. The molecule has 0 saturated carbocycles. The van der Waals surface area contributed by atoms with Gasteiger partial charge in [-0.2, -0.15) is 0 Å². The number of aryl methyl sites for hydroxylation is 1. The maximum Gasteiger partial charge on any atom is 0.224 e. The van der Waals surface area contributed by atoms with Gasteiger partial charge in [-0.25, -0.2) is 0 Å². The van der Waals surface area contributed by atoms with Crippen LogP contribution in [0.25, 0.3) is 10.9 Å². The Morgan fingerprint density at radius 3 is 3.00 bits per heavy atom. The van der Waals surface area contributed by atoms with Gasteiger partial charge >= 0.3 is 0 Å². The van der Waals surface area contributed by atoms with E-state index in [2.05, 4.69) is 40.5 Å². The molecule has 1 aromatic heterocycles. The fourth-order valence-electron chi connectivity index (χ4n) is 3.20. The predicted octanol–water partition coefficient (Wildman–Crippen LogP) is 1.31. The van der Waals surface area contributed by atoms with Gasteiger partial charge in [-0.15, -0.1) is 0 Å². The van der Waals surface area contributed by atoms with Gasteiger partial charge in [0.25, 0.3) is 0 Å². The molecule has 2 aromatic rings. The molecule has 22 heavy (non-hydrogen) atoms. The zero-order valence-electron chi connectivity index (χ0n) is 13.1. The number of ether oxygens (including phenoxy) is 1. The van der Waals surface area contributed by atoms with Gasteiger partial charge in [-0.1, -0.05) is 18.2 Å². The van der Waals surface area contributed by atoms with Gasteiger partial charge in [0.05, 0.1) is 18.6 Å². The zero-order chi connectivity index (χ0) is 15.5. The summed E-state index contributed by atoms with van der Waals surface area (Å²) in [6.45, 7) is 4.57. The van der Waals surface area contributed by atoms with Crippen molar-refractivity contribution in [2.24, 2.45) is 0 Å². The first-order valence-corrected chi connectivity index (χ1v) is 7.82. The number of nitrogens with zero attached hydrogens (tertiary/aromatic N) is 1. The molecule has 118 valence electrons. The highest BCUT2D eigenvalue weighted by Gasteiger charge is 2.28. The maximum absolute atomic E-state index is 12.4. The molecule has 3 rings (SSSR count). The van der Waals surface area contributed by atoms with Crippen LogP contribution in [0.2, 0.25) is 0 Å². The quantitative estimate of drug-likeness (QED) is 0.875. The Morgan fingerprint density at radius 2 is 2.23 bits per heavy atom. The molecule has 5 heteroatoms. The Bertz CT molecular complexity index is 665. The number of nitrogens with one attached hydrogen (secondary N) is 2. The molecule has 2 atom stereocenters. The van der Waals surface area contributed by atoms with Crippen LogP contribution < -0.4 is 10.6 Å². The molecule has 5 nitrogen and oxygen atoms in total. The second-order valence-corrected chi connectivity index (χ2v) is 5.74. The number of rotatable bonds is 5. The van der Waals surface area contributed by atoms with Crippen molar-refractivity contribution in [1.29, 1.82) is 0 Å². The van der Waals surface area contributed by atoms with Crippen molar-refractivity contribution in [2.45, 2.75) is 32.0 Å². The number of para-hydroxylation sites is 1. The average Bonchev–Trinajstić information content (AvgIpc) is 3.12. The summed E-state index contributed by atoms with van der Waals surface area (Å²) >= 11 is 0. The summed E-state index contributed by atoms with van der Waals surface area (Å²) in [5, 5.41) is 7.49. The SMILES string of the molecule is CCn1cc(CC(=O)N[C@@H]2CNC[C@H]2OC)c2ccccc21. The molecule has 2 N–H and O–H groups in total. The van der Waals surface area contributed by atoms with E-state index >= 15 is 0 Å². The molecule has 0 aliphatic carbocycles. The van der Waals surface area contributed by atoms with E-state index in [4.69, 9.17) is 4.74 Å². The number of carbonyl (C=O) groups is 1. The lowest BCUT2D eigenvalue weighted by molar-refractivity contribution is -0.121. The van der Waals surface area contributed by atoms with Crippen LogP contribution in [0.4, 0.5) is 0 Å². The summed E-state index contributed by atoms with van der Waals surface area (Å²) in [4.78, 5) is 12.4. The summed E-state index contributed by atoms with van der Waals surface area (Å²) in [5.74, 6) is 0.0507. The second kappa shape index (κ2) is 6.50. The molecule has 1 fully saturated rings. The van der Waals surface area contributed by atoms with Crippen LogP contribution in [-0.4, -0.2) is 42.8 Å². The minimum absolute atomic E-state index is 0.0507. The van der Waals surface area contributed by atoms with Crippen LogP contribution >= 0.6 is 0 Å². The molecule has 2 heterocycles. The predicted molar refractivity (Wildman–Crippen MR) is 86.9 cm³/mol. The van der Waals surface area contributed by atoms with E-state index in [9.17, 15) is 4.79 Å². The van der Waals surface area contributed by atoms with E-state index in [-0.39, 0.29) is 18.1 Å². The topological polar surface area (TPSA) is 55.3 Å². The van der Waals surface area contributed by atoms with Gasteiger partial charge in [-0.05, 0) is 18.6 Å². The second-order valence-electron chi connectivity index (χ2n) is 5.74. The summed E-state index contributed by atoms with van der Waals surface area (Å²) in [6.07, 6.45) is 2.55. The lowest BCUT2D eigenvalue weighted by Crippen LogP contribution is -2.44. The van der Waals surface area contributed by atoms with E-state index in [1.165, 1.54) is 5.52 Å². The molecular formula is C17H23N3O2. The lowest BCUT2D eigenvalue weighted by atomic mass is 10.1. The van der Waals surface area contributed by atoms with Crippen molar-refractivity contribution >= 4 is 16.8 Å². The molecular weight excluding hydrogens is 278 g/mol. The fourth-order valence-corrected chi connectivity index (χ4v) is 3.20. The van der Waals surface area contributed by atoms with Gasteiger partial charge in [-0.3, -0.25) is 4.79 Å². The summed E-state index contributed by atoms with van der Waals surface area (Å²) in [7, 11) is 1.69. The lowest BCUT2D eigenvalue weighted by Gasteiger charge is -2.18. The summed E-state index contributed by atoms with van der Waals surface area (Å²) in [6, 6.07) is 8.29. The minimum atomic E-state index is 0.0507. The summed E-state index contributed by atoms with van der Waals surface area (Å²) in [5.41, 5.74) is 2.26. The minimum Gasteiger partial charge on any atom is -0.378 e. The normalized spacial score (nSPS) is 21.4. The number of benzene rings is 1. The van der Waals surface area contributed by atoms with E-state index in [0.717, 1.165) is 30.6 Å². The molecule has 1 aliphatic heterocycles. The fraction of sp³-hybridized carbons (Fsp3) is 0.471. The first kappa shape index (κ1) is 15.1. The third-order valence-electron chi connectivity index (χ3n) is 4.37. The number of aromatic nitrogens is 1. The van der Waals surface area contributed by atoms with Gasteiger partial charge < -0.3 is 19.9 Å². The Hall–Kier alpha value is -1.85. The molecule has 0 bridgehead atoms. The smallest absolute Gasteiger partial charge is 0.224 e. The van der Waals surface area contributed by atoms with Crippen molar-refractivity contribution in [1.82, 2.24) is 15.2 Å². The zero-order valence-corrected chi connectivity index (χ0v) is 13.1. The van der Waals surface area contributed by atoms with Crippen LogP contribution in [0.1, 0.15) is 12.5 Å². The van der Waals surface area contributed by atoms with Gasteiger partial charge in [0.15, 0.2) is 0 Å². The van der Waals surface area contributed by atoms with Crippen LogP contribution in [0.3, 0.4) is 0 Å². The maximum atomic E-state index is 12.4. The highest BCUT2D eigenvalue weighted by Crippen LogP contribution is 2.21. The van der Waals surface area contributed by atoms with Crippen LogP contribution in [0, 0.1) is 0 Å². The molecule has 1 aromatic carbocycles. The van der Waals surface area contributed by atoms with Crippen LogP contribution in [0.15, 0.2) is 30.5 Å². The number of fused-ring (bicyclic) bond motifs is 1. The number of hydrogen-bond acceptors (Lipinski definition) is 3. The van der Waals surface area contributed by atoms with Crippen molar-refractivity contribution in [3.05, 3.63) is 36.0 Å². The van der Waals surface area contributed by atoms with E-state index in [0.29, 0.717) is 6.42 Å². The Morgan fingerprint density at radius 1 is 1.41 bits per heavy atom. The highest BCUT2D eigenvalue weighted by atomic mass is 16.5. The third-order valence-corrected chi connectivity index (χ3v) is 4.37. The number of amides is 1. The summed E-state index contributed by atoms with van der Waals surface area (Å²) < 4.78 is 7.57. The molecule has 0 radical (unpaired) electrons. The molecule has 1 aliphatic rings. The van der Waals surface area contributed by atoms with Crippen molar-refractivity contribution in [2.75, 3.05) is 20.2 Å². The monoisotopic (exact) mass is 301 g/mol. The van der Waals surface area contributed by atoms with Crippen molar-refractivity contribution in [3.63, 3.8) is 0 Å². The van der Waals surface area contributed by atoms with Crippen LogP contribution in [0.5, 0.6) is 0 Å². The van der Waals surface area contributed by atoms with Gasteiger partial charge in [0.1, 0.15) is 0 Å². The van der Waals surface area contributed by atoms with Gasteiger partial charge in [0.2, 0.25) is 5.91 Å². The first-order valence-electron chi connectivity index (χ1n) is 7.82. The molecule has 0 unspecified atom stereocenters. The van der Waals surface area contributed by atoms with Crippen molar-refractivity contribution in [3.8, 4) is 0 Å². The van der Waals surface area contributed by atoms with E-state index in [1.807, 2.05) is 12.1 Å². The Labute approximate surface area is 130 Å². The van der Waals surface area contributed by atoms with Crippen molar-refractivity contribution < 1.29 is 9.53 Å². The Balaban J connectivity index is 1.74. The van der Waals surface area contributed by atoms with Crippen LogP contribution in [-0.2, 0) is 22.5 Å². The Kier molecular flexibility index (Phi) is 4.45. The van der Waals surface area contributed by atoms with E-state index < -0.39 is 0 Å². The van der Waals surface area contributed by atoms with E-state index in [1.54, 1.807) is 7.11 Å². The number of methoxy groups -OCH3 is 1. The molecule has 0 spiro atoms. The average molecular weight is 301 g/mol. The highest BCUT2D eigenvalue weighted by molar-refractivity contribution is 5.89. The number of carbonyl (C=O) groups excluding carboxylic acids is 1. The van der Waals surface area contributed by atoms with Gasteiger partial charge in [0, 0.05) is 43.8 Å².